The highest BCUT2D eigenvalue weighted by Gasteiger charge is 2.51. The van der Waals surface area contributed by atoms with Gasteiger partial charge in [0.2, 0.25) is 0 Å². The molecule has 0 aromatic heterocycles. The van der Waals surface area contributed by atoms with Crippen LogP contribution in [-0.4, -0.2) is 19.0 Å². The van der Waals surface area contributed by atoms with Crippen molar-refractivity contribution in [3.8, 4) is 0 Å². The molecule has 0 radical (unpaired) electrons. The highest BCUT2D eigenvalue weighted by atomic mass is 19.3. The zero-order valence-corrected chi connectivity index (χ0v) is 9.78. The topological polar surface area (TPSA) is 26.3 Å². The van der Waals surface area contributed by atoms with Gasteiger partial charge in [0.25, 0.3) is 6.43 Å². The summed E-state index contributed by atoms with van der Waals surface area (Å²) in [5, 5.41) is 0. The summed E-state index contributed by atoms with van der Waals surface area (Å²) in [6.45, 7) is -0.734. The van der Waals surface area contributed by atoms with E-state index in [-0.39, 0.29) is 11.9 Å². The van der Waals surface area contributed by atoms with E-state index in [1.54, 1.807) is 0 Å². The third-order valence-corrected chi connectivity index (χ3v) is 4.85. The van der Waals surface area contributed by atoms with Crippen LogP contribution in [0.1, 0.15) is 32.1 Å². The Morgan fingerprint density at radius 2 is 1.59 bits per heavy atom. The first-order valence-electron chi connectivity index (χ1n) is 6.58. The Balaban J connectivity index is 1.65. The maximum atomic E-state index is 12.0. The van der Waals surface area contributed by atoms with E-state index >= 15 is 0 Å². The molecule has 4 saturated carbocycles. The van der Waals surface area contributed by atoms with Gasteiger partial charge in [0.1, 0.15) is 0 Å². The molecule has 0 heterocycles. The molecule has 4 rings (SSSR count). The summed E-state index contributed by atoms with van der Waals surface area (Å²) in [5.74, 6) is 1.96. The Kier molecular flexibility index (Phi) is 2.83. The average Bonchev–Trinajstić information content (AvgIpc) is 2.24. The first kappa shape index (κ1) is 11.4. The van der Waals surface area contributed by atoms with Crippen molar-refractivity contribution < 1.29 is 18.3 Å². The minimum Gasteiger partial charge on any atom is -0.459 e. The lowest BCUT2D eigenvalue weighted by atomic mass is 9.52. The summed E-state index contributed by atoms with van der Waals surface area (Å²) >= 11 is 0. The molecule has 0 amide bonds. The van der Waals surface area contributed by atoms with Gasteiger partial charge < -0.3 is 4.74 Å². The fourth-order valence-corrected chi connectivity index (χ4v) is 4.55. The second kappa shape index (κ2) is 4.21. The number of hydrogen-bond acceptors (Lipinski definition) is 2. The second-order valence-corrected chi connectivity index (χ2v) is 5.98. The van der Waals surface area contributed by atoms with E-state index in [2.05, 4.69) is 0 Å². The summed E-state index contributed by atoms with van der Waals surface area (Å²) in [5.41, 5.74) is 0. The Hall–Kier alpha value is -0.670. The monoisotopic (exact) mass is 244 g/mol. The van der Waals surface area contributed by atoms with E-state index in [0.717, 1.165) is 37.5 Å². The zero-order valence-electron chi connectivity index (χ0n) is 9.78. The molecule has 0 atom stereocenters. The van der Waals surface area contributed by atoms with E-state index in [9.17, 15) is 13.6 Å². The van der Waals surface area contributed by atoms with Gasteiger partial charge in [-0.25, -0.2) is 8.78 Å². The highest BCUT2D eigenvalue weighted by Crippen LogP contribution is 2.56. The van der Waals surface area contributed by atoms with Crippen LogP contribution in [-0.2, 0) is 9.53 Å². The van der Waals surface area contributed by atoms with Crippen molar-refractivity contribution in [2.24, 2.45) is 29.6 Å². The maximum Gasteiger partial charge on any atom is 0.309 e. The molecule has 0 aromatic carbocycles. The fraction of sp³-hybridized carbons (Fsp3) is 0.923. The minimum absolute atomic E-state index is 0.0819. The van der Waals surface area contributed by atoms with Crippen molar-refractivity contribution in [1.82, 2.24) is 0 Å². The third kappa shape index (κ3) is 2.06. The fourth-order valence-electron chi connectivity index (χ4n) is 4.55. The molecule has 4 fully saturated rings. The van der Waals surface area contributed by atoms with Gasteiger partial charge in [0.15, 0.2) is 6.61 Å². The summed E-state index contributed by atoms with van der Waals surface area (Å²) in [6.07, 6.45) is 3.23. The zero-order chi connectivity index (χ0) is 12.0. The lowest BCUT2D eigenvalue weighted by molar-refractivity contribution is -0.166. The standard InChI is InChI=1S/C13H18F2O2/c14-11(15)6-17-13(16)12-9-2-7-1-8(4-9)5-10(12)3-7/h7-12H,1-6H2. The third-order valence-electron chi connectivity index (χ3n) is 4.85. The van der Waals surface area contributed by atoms with Crippen molar-refractivity contribution in [3.05, 3.63) is 0 Å². The SMILES string of the molecule is O=C(OCC(F)F)C1C2CC3CC(C2)CC1C3. The van der Waals surface area contributed by atoms with Crippen molar-refractivity contribution >= 4 is 5.97 Å². The van der Waals surface area contributed by atoms with Crippen LogP contribution in [0.15, 0.2) is 0 Å². The molecule has 4 bridgehead atoms. The van der Waals surface area contributed by atoms with E-state index in [4.69, 9.17) is 4.74 Å². The molecule has 4 aliphatic carbocycles. The minimum atomic E-state index is -2.55. The Labute approximate surface area is 99.7 Å². The normalized spacial score (nSPS) is 43.1. The Bertz CT molecular complexity index is 289. The Morgan fingerprint density at radius 1 is 1.06 bits per heavy atom. The number of hydrogen-bond donors (Lipinski definition) is 0. The van der Waals surface area contributed by atoms with Crippen LogP contribution in [0.2, 0.25) is 0 Å². The summed E-state index contributed by atoms with van der Waals surface area (Å²) in [7, 11) is 0. The number of rotatable bonds is 3. The average molecular weight is 244 g/mol. The number of esters is 1. The molecular weight excluding hydrogens is 226 g/mol. The molecular formula is C13H18F2O2. The molecule has 4 aliphatic rings. The van der Waals surface area contributed by atoms with Gasteiger partial charge in [0, 0.05) is 0 Å². The number of alkyl halides is 2. The number of halogens is 2. The van der Waals surface area contributed by atoms with Gasteiger partial charge in [-0.1, -0.05) is 0 Å². The van der Waals surface area contributed by atoms with Gasteiger partial charge in [0.05, 0.1) is 5.92 Å². The maximum absolute atomic E-state index is 12.0. The van der Waals surface area contributed by atoms with Crippen molar-refractivity contribution in [2.75, 3.05) is 6.61 Å². The van der Waals surface area contributed by atoms with Crippen molar-refractivity contribution in [2.45, 2.75) is 38.5 Å². The summed E-state index contributed by atoms with van der Waals surface area (Å²) in [4.78, 5) is 11.9. The number of carbonyl (C=O) groups is 1. The highest BCUT2D eigenvalue weighted by molar-refractivity contribution is 5.73. The first-order valence-corrected chi connectivity index (χ1v) is 6.58. The number of ether oxygens (including phenoxy) is 1. The molecule has 17 heavy (non-hydrogen) atoms. The van der Waals surface area contributed by atoms with E-state index < -0.39 is 13.0 Å². The lowest BCUT2D eigenvalue weighted by Gasteiger charge is -2.53. The van der Waals surface area contributed by atoms with Crippen molar-refractivity contribution in [3.63, 3.8) is 0 Å². The van der Waals surface area contributed by atoms with Crippen LogP contribution < -0.4 is 0 Å². The molecule has 0 saturated heterocycles. The van der Waals surface area contributed by atoms with Crippen LogP contribution in [0.3, 0.4) is 0 Å². The lowest BCUT2D eigenvalue weighted by Crippen LogP contribution is -2.48. The molecule has 4 heteroatoms. The molecule has 0 aromatic rings. The molecule has 0 unspecified atom stereocenters. The van der Waals surface area contributed by atoms with Gasteiger partial charge in [-0.15, -0.1) is 0 Å². The van der Waals surface area contributed by atoms with Crippen LogP contribution in [0.25, 0.3) is 0 Å². The molecule has 96 valence electrons. The van der Waals surface area contributed by atoms with E-state index in [1.165, 1.54) is 6.42 Å². The molecule has 2 nitrogen and oxygen atoms in total. The molecule has 0 spiro atoms. The van der Waals surface area contributed by atoms with Gasteiger partial charge in [-0.05, 0) is 55.8 Å². The second-order valence-electron chi connectivity index (χ2n) is 5.98. The van der Waals surface area contributed by atoms with E-state index in [1.807, 2.05) is 0 Å². The largest absolute Gasteiger partial charge is 0.459 e. The van der Waals surface area contributed by atoms with Crippen LogP contribution in [0.5, 0.6) is 0 Å². The Morgan fingerprint density at radius 3 is 2.06 bits per heavy atom. The van der Waals surface area contributed by atoms with Gasteiger partial charge in [-0.2, -0.15) is 0 Å². The predicted molar refractivity (Wildman–Crippen MR) is 57.5 cm³/mol. The quantitative estimate of drug-likeness (QED) is 0.713. The summed E-state index contributed by atoms with van der Waals surface area (Å²) in [6, 6.07) is 0. The first-order chi connectivity index (χ1) is 8.13. The molecule has 0 N–H and O–H groups in total. The van der Waals surface area contributed by atoms with Gasteiger partial charge in [-0.3, -0.25) is 4.79 Å². The number of carbonyl (C=O) groups excluding carboxylic acids is 1. The summed E-state index contributed by atoms with van der Waals surface area (Å²) < 4.78 is 28.8. The smallest absolute Gasteiger partial charge is 0.309 e. The molecule has 0 aliphatic heterocycles. The van der Waals surface area contributed by atoms with Crippen LogP contribution in [0, 0.1) is 29.6 Å². The predicted octanol–water partition coefficient (Wildman–Crippen LogP) is 2.87. The van der Waals surface area contributed by atoms with Crippen LogP contribution in [0.4, 0.5) is 8.78 Å². The van der Waals surface area contributed by atoms with Gasteiger partial charge >= 0.3 is 5.97 Å². The van der Waals surface area contributed by atoms with Crippen molar-refractivity contribution in [1.29, 1.82) is 0 Å². The van der Waals surface area contributed by atoms with Crippen LogP contribution >= 0.6 is 0 Å². The van der Waals surface area contributed by atoms with E-state index in [0.29, 0.717) is 11.8 Å².